The SMILES string of the molecule is COCCCS(=O)(=O)NC1CNCCC1c1ccc(F)c(F)c1. The van der Waals surface area contributed by atoms with Crippen LogP contribution in [0.15, 0.2) is 18.2 Å². The zero-order valence-corrected chi connectivity index (χ0v) is 13.8. The number of methoxy groups -OCH3 is 1. The van der Waals surface area contributed by atoms with Gasteiger partial charge in [-0.2, -0.15) is 0 Å². The minimum absolute atomic E-state index is 0.0260. The van der Waals surface area contributed by atoms with Crippen LogP contribution in [-0.2, 0) is 14.8 Å². The summed E-state index contributed by atoms with van der Waals surface area (Å²) in [5.41, 5.74) is 0.606. The van der Waals surface area contributed by atoms with E-state index in [4.69, 9.17) is 4.74 Å². The highest BCUT2D eigenvalue weighted by atomic mass is 32.2. The maximum atomic E-state index is 13.5. The highest BCUT2D eigenvalue weighted by molar-refractivity contribution is 7.89. The van der Waals surface area contributed by atoms with E-state index in [0.29, 0.717) is 38.1 Å². The van der Waals surface area contributed by atoms with Gasteiger partial charge in [0.1, 0.15) is 0 Å². The molecule has 2 N–H and O–H groups in total. The molecule has 0 bridgehead atoms. The third-order valence-corrected chi connectivity index (χ3v) is 5.43. The Morgan fingerprint density at radius 2 is 2.13 bits per heavy atom. The van der Waals surface area contributed by atoms with E-state index in [-0.39, 0.29) is 17.7 Å². The molecule has 1 aliphatic heterocycles. The van der Waals surface area contributed by atoms with E-state index < -0.39 is 21.7 Å². The molecular formula is C15H22F2N2O3S. The number of hydrogen-bond donors (Lipinski definition) is 2. The quantitative estimate of drug-likeness (QED) is 0.731. The van der Waals surface area contributed by atoms with Gasteiger partial charge in [-0.15, -0.1) is 0 Å². The second-order valence-electron chi connectivity index (χ2n) is 5.66. The molecule has 2 unspecified atom stereocenters. The van der Waals surface area contributed by atoms with Crippen LogP contribution in [0, 0.1) is 11.6 Å². The number of halogens is 2. The van der Waals surface area contributed by atoms with Gasteiger partial charge in [-0.25, -0.2) is 21.9 Å². The summed E-state index contributed by atoms with van der Waals surface area (Å²) >= 11 is 0. The monoisotopic (exact) mass is 348 g/mol. The van der Waals surface area contributed by atoms with E-state index in [1.165, 1.54) is 13.2 Å². The summed E-state index contributed by atoms with van der Waals surface area (Å²) in [4.78, 5) is 0. The third-order valence-electron chi connectivity index (χ3n) is 3.95. The lowest BCUT2D eigenvalue weighted by molar-refractivity contribution is 0.199. The Bertz CT molecular complexity index is 625. The molecule has 130 valence electrons. The standard InChI is InChI=1S/C15H22F2N2O3S/c1-22-7-2-8-23(20,21)19-15-10-18-6-5-12(15)11-3-4-13(16)14(17)9-11/h3-4,9,12,15,18-19H,2,5-8,10H2,1H3. The number of nitrogens with one attached hydrogen (secondary N) is 2. The molecule has 23 heavy (non-hydrogen) atoms. The van der Waals surface area contributed by atoms with Gasteiger partial charge in [0.05, 0.1) is 5.75 Å². The molecule has 1 aliphatic rings. The first kappa shape index (κ1) is 18.3. The first-order chi connectivity index (χ1) is 10.9. The fourth-order valence-corrected chi connectivity index (χ4v) is 4.13. The van der Waals surface area contributed by atoms with Gasteiger partial charge in [0.15, 0.2) is 11.6 Å². The number of benzene rings is 1. The van der Waals surface area contributed by atoms with E-state index >= 15 is 0 Å². The Kier molecular flexibility index (Phi) is 6.46. The zero-order valence-electron chi connectivity index (χ0n) is 13.0. The fourth-order valence-electron chi connectivity index (χ4n) is 2.81. The lowest BCUT2D eigenvalue weighted by atomic mass is 9.86. The average molecular weight is 348 g/mol. The molecule has 0 saturated carbocycles. The Balaban J connectivity index is 2.10. The van der Waals surface area contributed by atoms with E-state index in [1.807, 2.05) is 0 Å². The van der Waals surface area contributed by atoms with E-state index in [1.54, 1.807) is 0 Å². The summed E-state index contributed by atoms with van der Waals surface area (Å²) in [7, 11) is -1.93. The van der Waals surface area contributed by atoms with Crippen molar-refractivity contribution in [2.45, 2.75) is 24.8 Å². The van der Waals surface area contributed by atoms with Crippen molar-refractivity contribution in [2.75, 3.05) is 32.6 Å². The zero-order chi connectivity index (χ0) is 16.9. The van der Waals surface area contributed by atoms with E-state index in [2.05, 4.69) is 10.0 Å². The van der Waals surface area contributed by atoms with Gasteiger partial charge < -0.3 is 10.1 Å². The number of hydrogen-bond acceptors (Lipinski definition) is 4. The Morgan fingerprint density at radius 3 is 2.83 bits per heavy atom. The van der Waals surface area contributed by atoms with Crippen LogP contribution in [0.2, 0.25) is 0 Å². The fraction of sp³-hybridized carbons (Fsp3) is 0.600. The largest absolute Gasteiger partial charge is 0.385 e. The minimum Gasteiger partial charge on any atom is -0.385 e. The van der Waals surface area contributed by atoms with Crippen LogP contribution < -0.4 is 10.0 Å². The molecule has 0 radical (unpaired) electrons. The Hall–Kier alpha value is -1.09. The van der Waals surface area contributed by atoms with Gasteiger partial charge in [-0.05, 0) is 37.1 Å². The van der Waals surface area contributed by atoms with Crippen molar-refractivity contribution in [3.63, 3.8) is 0 Å². The van der Waals surface area contributed by atoms with Crippen molar-refractivity contribution >= 4 is 10.0 Å². The van der Waals surface area contributed by atoms with Crippen LogP contribution in [0.5, 0.6) is 0 Å². The summed E-state index contributed by atoms with van der Waals surface area (Å²) < 4.78 is 58.4. The predicted octanol–water partition coefficient (Wildman–Crippen LogP) is 1.37. The molecule has 2 atom stereocenters. The lowest BCUT2D eigenvalue weighted by Gasteiger charge is -2.33. The van der Waals surface area contributed by atoms with Crippen LogP contribution in [-0.4, -0.2) is 47.0 Å². The molecule has 5 nitrogen and oxygen atoms in total. The van der Waals surface area contributed by atoms with Gasteiger partial charge in [0, 0.05) is 32.2 Å². The molecule has 1 aromatic rings. The number of rotatable bonds is 7. The molecule has 1 heterocycles. The smallest absolute Gasteiger partial charge is 0.211 e. The third kappa shape index (κ3) is 5.20. The molecule has 1 fully saturated rings. The molecular weight excluding hydrogens is 326 g/mol. The van der Waals surface area contributed by atoms with E-state index in [0.717, 1.165) is 12.1 Å². The number of ether oxygens (including phenoxy) is 1. The first-order valence-electron chi connectivity index (χ1n) is 7.57. The second-order valence-corrected chi connectivity index (χ2v) is 7.54. The highest BCUT2D eigenvalue weighted by Crippen LogP contribution is 2.27. The van der Waals surface area contributed by atoms with Crippen molar-refractivity contribution in [1.29, 1.82) is 0 Å². The number of sulfonamides is 1. The average Bonchev–Trinajstić information content (AvgIpc) is 2.50. The number of piperidine rings is 1. The highest BCUT2D eigenvalue weighted by Gasteiger charge is 2.30. The van der Waals surface area contributed by atoms with Crippen LogP contribution in [0.1, 0.15) is 24.3 Å². The summed E-state index contributed by atoms with van der Waals surface area (Å²) in [6, 6.07) is 3.36. The Labute approximate surface area is 135 Å². The maximum Gasteiger partial charge on any atom is 0.211 e. The molecule has 8 heteroatoms. The molecule has 0 aliphatic carbocycles. The summed E-state index contributed by atoms with van der Waals surface area (Å²) in [6.45, 7) is 1.52. The van der Waals surface area contributed by atoms with Crippen LogP contribution in [0.25, 0.3) is 0 Å². The predicted molar refractivity (Wildman–Crippen MR) is 83.8 cm³/mol. The minimum atomic E-state index is -3.45. The second kappa shape index (κ2) is 8.14. The molecule has 0 amide bonds. The maximum absolute atomic E-state index is 13.5. The molecule has 1 aromatic carbocycles. The van der Waals surface area contributed by atoms with Crippen molar-refractivity contribution in [3.8, 4) is 0 Å². The Morgan fingerprint density at radius 1 is 1.35 bits per heavy atom. The topological polar surface area (TPSA) is 67.4 Å². The molecule has 2 rings (SSSR count). The van der Waals surface area contributed by atoms with Gasteiger partial charge in [-0.1, -0.05) is 6.07 Å². The van der Waals surface area contributed by atoms with Gasteiger partial charge >= 0.3 is 0 Å². The molecule has 0 aromatic heterocycles. The van der Waals surface area contributed by atoms with E-state index in [9.17, 15) is 17.2 Å². The van der Waals surface area contributed by atoms with Crippen molar-refractivity contribution in [3.05, 3.63) is 35.4 Å². The molecule has 1 saturated heterocycles. The molecule has 0 spiro atoms. The summed E-state index contributed by atoms with van der Waals surface area (Å²) in [5.74, 6) is -2.03. The summed E-state index contributed by atoms with van der Waals surface area (Å²) in [5, 5.41) is 3.13. The van der Waals surface area contributed by atoms with Crippen LogP contribution >= 0.6 is 0 Å². The normalized spacial score (nSPS) is 22.2. The van der Waals surface area contributed by atoms with Gasteiger partial charge in [-0.3, -0.25) is 0 Å². The van der Waals surface area contributed by atoms with Crippen molar-refractivity contribution < 1.29 is 21.9 Å². The summed E-state index contributed by atoms with van der Waals surface area (Å²) in [6.07, 6.45) is 1.05. The van der Waals surface area contributed by atoms with Crippen molar-refractivity contribution in [1.82, 2.24) is 10.0 Å². The van der Waals surface area contributed by atoms with Crippen LogP contribution in [0.3, 0.4) is 0 Å². The van der Waals surface area contributed by atoms with Crippen molar-refractivity contribution in [2.24, 2.45) is 0 Å². The van der Waals surface area contributed by atoms with Gasteiger partial charge in [0.2, 0.25) is 10.0 Å². The lowest BCUT2D eigenvalue weighted by Crippen LogP contribution is -2.50. The van der Waals surface area contributed by atoms with Gasteiger partial charge in [0.25, 0.3) is 0 Å². The van der Waals surface area contributed by atoms with Crippen LogP contribution in [0.4, 0.5) is 8.78 Å². The first-order valence-corrected chi connectivity index (χ1v) is 9.23.